The zero-order chi connectivity index (χ0) is 23.0. The monoisotopic (exact) mass is 443 g/mol. The molecule has 5 N–H and O–H groups in total. The van der Waals surface area contributed by atoms with E-state index in [1.165, 1.54) is 17.3 Å². The summed E-state index contributed by atoms with van der Waals surface area (Å²) in [6.07, 6.45) is -5.98. The molecule has 1 heterocycles. The maximum Gasteiger partial charge on any atom is 0.222 e. The molecule has 1 saturated heterocycles. The molecule has 0 amide bonds. The number of nitrogens with zero attached hydrogens (tertiary/aromatic N) is 1. The lowest BCUT2D eigenvalue weighted by Crippen LogP contribution is -2.63. The van der Waals surface area contributed by atoms with E-state index < -0.39 is 44.9 Å². The number of aliphatic hydroxyl groups excluding tert-OH is 4. The number of nitriles is 1. The van der Waals surface area contributed by atoms with Crippen molar-refractivity contribution in [2.75, 3.05) is 6.61 Å². The van der Waals surface area contributed by atoms with Gasteiger partial charge in [-0.3, -0.25) is 0 Å². The number of aliphatic hydroxyl groups is 5. The van der Waals surface area contributed by atoms with Crippen LogP contribution in [0.2, 0.25) is 19.6 Å². The molecule has 0 radical (unpaired) electrons. The average Bonchev–Trinajstić information content (AvgIpc) is 2.74. The van der Waals surface area contributed by atoms with Crippen molar-refractivity contribution in [2.24, 2.45) is 0 Å². The van der Waals surface area contributed by atoms with Crippen LogP contribution in [-0.4, -0.2) is 64.6 Å². The number of hydrogen-bond acceptors (Lipinski definition) is 7. The fourth-order valence-corrected chi connectivity index (χ4v) is 4.97. The van der Waals surface area contributed by atoms with Crippen LogP contribution < -0.4 is 5.19 Å². The second-order valence-corrected chi connectivity index (χ2v) is 14.1. The van der Waals surface area contributed by atoms with Crippen molar-refractivity contribution < 1.29 is 30.3 Å². The van der Waals surface area contributed by atoms with Gasteiger partial charge in [0.15, 0.2) is 0 Å². The van der Waals surface area contributed by atoms with Gasteiger partial charge in [-0.1, -0.05) is 55.2 Å². The van der Waals surface area contributed by atoms with Gasteiger partial charge in [0.05, 0.1) is 26.3 Å². The van der Waals surface area contributed by atoms with Crippen LogP contribution in [0.25, 0.3) is 0 Å². The molecule has 31 heavy (non-hydrogen) atoms. The number of benzene rings is 2. The van der Waals surface area contributed by atoms with Gasteiger partial charge < -0.3 is 30.3 Å². The van der Waals surface area contributed by atoms with Gasteiger partial charge in [0.25, 0.3) is 0 Å². The normalized spacial score (nSPS) is 28.9. The van der Waals surface area contributed by atoms with Crippen molar-refractivity contribution >= 4 is 13.3 Å². The molecule has 7 nitrogen and oxygen atoms in total. The molecule has 1 aliphatic rings. The second-order valence-electron chi connectivity index (χ2n) is 9.07. The van der Waals surface area contributed by atoms with E-state index in [9.17, 15) is 30.8 Å². The van der Waals surface area contributed by atoms with Crippen LogP contribution in [-0.2, 0) is 16.9 Å². The van der Waals surface area contributed by atoms with Crippen molar-refractivity contribution in [3.05, 3.63) is 64.7 Å². The third-order valence-electron chi connectivity index (χ3n) is 5.82. The molecule has 0 bridgehead atoms. The fourth-order valence-electron chi connectivity index (χ4n) is 3.81. The van der Waals surface area contributed by atoms with Crippen molar-refractivity contribution in [1.82, 2.24) is 0 Å². The van der Waals surface area contributed by atoms with Gasteiger partial charge in [-0.05, 0) is 29.7 Å². The number of ether oxygens (including phenoxy) is 1. The van der Waals surface area contributed by atoms with Crippen molar-refractivity contribution in [3.63, 3.8) is 0 Å². The quantitative estimate of drug-likeness (QED) is 0.420. The summed E-state index contributed by atoms with van der Waals surface area (Å²) >= 11 is 0. The number of rotatable bonds is 5. The third-order valence-corrected chi connectivity index (χ3v) is 7.89. The van der Waals surface area contributed by atoms with Gasteiger partial charge in [0.2, 0.25) is 5.79 Å². The summed E-state index contributed by atoms with van der Waals surface area (Å²) in [5.41, 5.74) is 2.13. The molecule has 1 fully saturated rings. The lowest BCUT2D eigenvalue weighted by Gasteiger charge is -2.45. The molecule has 166 valence electrons. The first-order valence-electron chi connectivity index (χ1n) is 10.2. The standard InChI is InChI=1S/C23H29NO6Si/c1-31(2,3)18-8-4-14(5-9-18)10-16-11-17(7-6-15(16)12-24)23(29)22(28)21(27)20(26)19(13-25)30-23/h4-9,11,19-22,25-29H,10,13H2,1-3H3/t19-,20-,21+,22-,23+/m1/s1. The van der Waals surface area contributed by atoms with E-state index in [0.29, 0.717) is 17.5 Å². The molecule has 5 atom stereocenters. The molecule has 0 spiro atoms. The molecule has 0 unspecified atom stereocenters. The Labute approximate surface area is 182 Å². The molecular weight excluding hydrogens is 414 g/mol. The lowest BCUT2D eigenvalue weighted by atomic mass is 9.86. The molecule has 0 aromatic heterocycles. The second kappa shape index (κ2) is 8.80. The third kappa shape index (κ3) is 4.59. The Morgan fingerprint density at radius 3 is 2.23 bits per heavy atom. The molecular formula is C23H29NO6Si. The SMILES string of the molecule is C[Si](C)(C)c1ccc(Cc2cc([C@]3(O)O[C@H](CO)[C@@H](O)[C@H](O)[C@H]3O)ccc2C#N)cc1. The number of hydrogen-bond donors (Lipinski definition) is 5. The Bertz CT molecular complexity index is 966. The van der Waals surface area contributed by atoms with Gasteiger partial charge in [-0.15, -0.1) is 0 Å². The van der Waals surface area contributed by atoms with E-state index in [2.05, 4.69) is 37.8 Å². The summed E-state index contributed by atoms with van der Waals surface area (Å²) in [4.78, 5) is 0. The van der Waals surface area contributed by atoms with Crippen LogP contribution in [0.4, 0.5) is 0 Å². The van der Waals surface area contributed by atoms with Crippen molar-refractivity contribution in [3.8, 4) is 6.07 Å². The maximum atomic E-state index is 11.0. The minimum absolute atomic E-state index is 0.122. The first-order chi connectivity index (χ1) is 14.5. The zero-order valence-electron chi connectivity index (χ0n) is 17.9. The van der Waals surface area contributed by atoms with Crippen LogP contribution in [0, 0.1) is 11.3 Å². The van der Waals surface area contributed by atoms with Crippen molar-refractivity contribution in [1.29, 1.82) is 5.26 Å². The van der Waals surface area contributed by atoms with Gasteiger partial charge in [-0.2, -0.15) is 5.26 Å². The average molecular weight is 444 g/mol. The molecule has 2 aromatic carbocycles. The van der Waals surface area contributed by atoms with Crippen molar-refractivity contribution in [2.45, 2.75) is 56.3 Å². The van der Waals surface area contributed by atoms with E-state index in [0.717, 1.165) is 5.56 Å². The fraction of sp³-hybridized carbons (Fsp3) is 0.435. The van der Waals surface area contributed by atoms with E-state index >= 15 is 0 Å². The first kappa shape index (κ1) is 23.6. The molecule has 2 aromatic rings. The summed E-state index contributed by atoms with van der Waals surface area (Å²) in [7, 11) is -1.43. The van der Waals surface area contributed by atoms with E-state index in [-0.39, 0.29) is 5.56 Å². The van der Waals surface area contributed by atoms with Gasteiger partial charge in [-0.25, -0.2) is 0 Å². The largest absolute Gasteiger partial charge is 0.394 e. The Hall–Kier alpha value is -2.09. The van der Waals surface area contributed by atoms with E-state index in [1.54, 1.807) is 6.07 Å². The highest BCUT2D eigenvalue weighted by atomic mass is 28.3. The van der Waals surface area contributed by atoms with Gasteiger partial charge >= 0.3 is 0 Å². The molecule has 1 aliphatic heterocycles. The van der Waals surface area contributed by atoms with E-state index in [1.807, 2.05) is 12.1 Å². The smallest absolute Gasteiger partial charge is 0.222 e. The molecule has 3 rings (SSSR count). The topological polar surface area (TPSA) is 134 Å². The lowest BCUT2D eigenvalue weighted by molar-refractivity contribution is -0.357. The highest BCUT2D eigenvalue weighted by Crippen LogP contribution is 2.37. The van der Waals surface area contributed by atoms with Crippen LogP contribution in [0.1, 0.15) is 22.3 Å². The summed E-state index contributed by atoms with van der Waals surface area (Å²) < 4.78 is 5.40. The summed E-state index contributed by atoms with van der Waals surface area (Å²) in [6.45, 7) is 6.14. The van der Waals surface area contributed by atoms with Crippen LogP contribution in [0.15, 0.2) is 42.5 Å². The van der Waals surface area contributed by atoms with Crippen LogP contribution >= 0.6 is 0 Å². The maximum absolute atomic E-state index is 11.0. The minimum Gasteiger partial charge on any atom is -0.394 e. The predicted molar refractivity (Wildman–Crippen MR) is 117 cm³/mol. The Balaban J connectivity index is 1.96. The summed E-state index contributed by atoms with van der Waals surface area (Å²) in [6, 6.07) is 14.9. The van der Waals surface area contributed by atoms with Gasteiger partial charge in [0, 0.05) is 5.56 Å². The Kier molecular flexibility index (Phi) is 6.69. The first-order valence-corrected chi connectivity index (χ1v) is 13.7. The Morgan fingerprint density at radius 1 is 1.03 bits per heavy atom. The highest BCUT2D eigenvalue weighted by molar-refractivity contribution is 6.88. The summed E-state index contributed by atoms with van der Waals surface area (Å²) in [5.74, 6) is -2.35. The van der Waals surface area contributed by atoms with Crippen LogP contribution in [0.5, 0.6) is 0 Å². The highest BCUT2D eigenvalue weighted by Gasteiger charge is 2.53. The van der Waals surface area contributed by atoms with E-state index in [4.69, 9.17) is 4.74 Å². The van der Waals surface area contributed by atoms with Gasteiger partial charge in [0.1, 0.15) is 24.4 Å². The molecule has 8 heteroatoms. The predicted octanol–water partition coefficient (Wildman–Crippen LogP) is 0.313. The zero-order valence-corrected chi connectivity index (χ0v) is 18.9. The minimum atomic E-state index is -2.35. The molecule has 0 aliphatic carbocycles. The Morgan fingerprint density at radius 2 is 1.68 bits per heavy atom. The summed E-state index contributed by atoms with van der Waals surface area (Å²) in [5, 5.41) is 61.8. The van der Waals surface area contributed by atoms with Crippen LogP contribution in [0.3, 0.4) is 0 Å². The molecule has 0 saturated carbocycles.